The van der Waals surface area contributed by atoms with Crippen molar-refractivity contribution in [3.8, 4) is 0 Å². The van der Waals surface area contributed by atoms with Gasteiger partial charge in [-0.3, -0.25) is 4.79 Å². The molecule has 0 aromatic rings. The van der Waals surface area contributed by atoms with Gasteiger partial charge in [-0.1, -0.05) is 26.8 Å². The second-order valence-electron chi connectivity index (χ2n) is 10.5. The van der Waals surface area contributed by atoms with E-state index in [1.54, 1.807) is 14.0 Å². The van der Waals surface area contributed by atoms with Gasteiger partial charge in [0.2, 0.25) is 6.41 Å². The molecule has 0 aliphatic heterocycles. The van der Waals surface area contributed by atoms with Crippen LogP contribution < -0.4 is 5.32 Å². The van der Waals surface area contributed by atoms with E-state index >= 15 is 0 Å². The summed E-state index contributed by atoms with van der Waals surface area (Å²) in [6.45, 7) is 8.58. The molecule has 6 nitrogen and oxygen atoms in total. The maximum Gasteiger partial charge on any atom is 0.354 e. The van der Waals surface area contributed by atoms with Crippen LogP contribution in [-0.2, 0) is 19.1 Å². The number of hydrogen-bond donors (Lipinski definition) is 2. The van der Waals surface area contributed by atoms with Crippen molar-refractivity contribution in [1.82, 2.24) is 5.32 Å². The van der Waals surface area contributed by atoms with Crippen molar-refractivity contribution < 1.29 is 24.2 Å². The number of nitrogens with one attached hydrogen (secondary N) is 1. The summed E-state index contributed by atoms with van der Waals surface area (Å²) in [5.41, 5.74) is 1.11. The average molecular weight is 444 g/mol. The number of esters is 1. The number of methoxy groups -OCH3 is 1. The van der Waals surface area contributed by atoms with Crippen molar-refractivity contribution in [1.29, 1.82) is 0 Å². The van der Waals surface area contributed by atoms with Gasteiger partial charge in [-0.15, -0.1) is 0 Å². The summed E-state index contributed by atoms with van der Waals surface area (Å²) in [4.78, 5) is 24.1. The van der Waals surface area contributed by atoms with Gasteiger partial charge in [0.15, 0.2) is 0 Å². The fourth-order valence-corrected chi connectivity index (χ4v) is 7.59. The zero-order chi connectivity index (χ0) is 23.3. The second kappa shape index (κ2) is 8.05. The van der Waals surface area contributed by atoms with E-state index in [1.807, 2.05) is 0 Å². The van der Waals surface area contributed by atoms with Crippen molar-refractivity contribution in [3.63, 3.8) is 0 Å². The number of fused-ring (bicyclic) bond motifs is 5. The standard InChI is InChI=1S/C26H37NO5/c1-6-32-23(29)22(27-15-28)21-16(2)13-20-19-8-7-17-14-18(31-5)9-10-25(17,4)26(19,30)12-11-24(20,21)3/h7,14-16,19-20,30H,6,8-13H2,1-5H3,(H,27,28)/t16?,19-,20-,24-,25-,26+/m0/s1. The van der Waals surface area contributed by atoms with Gasteiger partial charge in [-0.05, 0) is 79.4 Å². The third-order valence-electron chi connectivity index (χ3n) is 9.25. The number of carbonyl (C=O) groups excluding carboxylic acids is 2. The Labute approximate surface area is 191 Å². The third-order valence-corrected chi connectivity index (χ3v) is 9.25. The molecule has 6 atom stereocenters. The molecule has 1 unspecified atom stereocenters. The van der Waals surface area contributed by atoms with Gasteiger partial charge in [-0.2, -0.15) is 0 Å². The molecule has 32 heavy (non-hydrogen) atoms. The lowest BCUT2D eigenvalue weighted by Gasteiger charge is -2.61. The molecule has 0 bridgehead atoms. The van der Waals surface area contributed by atoms with Crippen LogP contribution in [-0.4, -0.2) is 36.8 Å². The molecule has 4 aliphatic rings. The summed E-state index contributed by atoms with van der Waals surface area (Å²) in [7, 11) is 1.71. The van der Waals surface area contributed by atoms with Crippen LogP contribution >= 0.6 is 0 Å². The molecule has 0 spiro atoms. The van der Waals surface area contributed by atoms with Gasteiger partial charge < -0.3 is 19.9 Å². The average Bonchev–Trinajstić information content (AvgIpc) is 3.02. The summed E-state index contributed by atoms with van der Waals surface area (Å²) in [6, 6.07) is 0. The molecule has 0 heterocycles. The first-order chi connectivity index (χ1) is 15.2. The Morgan fingerprint density at radius 3 is 2.69 bits per heavy atom. The van der Waals surface area contributed by atoms with Crippen LogP contribution in [0.3, 0.4) is 0 Å². The van der Waals surface area contributed by atoms with Crippen molar-refractivity contribution in [2.24, 2.45) is 28.6 Å². The molecule has 0 aromatic carbocycles. The summed E-state index contributed by atoms with van der Waals surface area (Å²) in [6.07, 6.45) is 9.84. The smallest absolute Gasteiger partial charge is 0.354 e. The molecule has 0 radical (unpaired) electrons. The highest BCUT2D eigenvalue weighted by Crippen LogP contribution is 2.68. The van der Waals surface area contributed by atoms with E-state index in [0.29, 0.717) is 18.5 Å². The molecule has 0 aromatic heterocycles. The molecule has 2 fully saturated rings. The summed E-state index contributed by atoms with van der Waals surface area (Å²) < 4.78 is 10.8. The van der Waals surface area contributed by atoms with Gasteiger partial charge in [0.05, 0.1) is 25.1 Å². The normalized spacial score (nSPS) is 41.9. The lowest BCUT2D eigenvalue weighted by molar-refractivity contribution is -0.172. The van der Waals surface area contributed by atoms with Crippen molar-refractivity contribution in [2.45, 2.75) is 71.8 Å². The van der Waals surface area contributed by atoms with Crippen molar-refractivity contribution in [3.05, 3.63) is 34.8 Å². The van der Waals surface area contributed by atoms with Crippen LogP contribution in [0.5, 0.6) is 0 Å². The number of ether oxygens (including phenoxy) is 2. The third kappa shape index (κ3) is 3.09. The number of amides is 1. The van der Waals surface area contributed by atoms with E-state index in [9.17, 15) is 14.7 Å². The topological polar surface area (TPSA) is 84.9 Å². The Kier molecular flexibility index (Phi) is 5.81. The Balaban J connectivity index is 1.77. The lowest BCUT2D eigenvalue weighted by Crippen LogP contribution is -2.61. The molecule has 1 amide bonds. The van der Waals surface area contributed by atoms with Gasteiger partial charge in [0.25, 0.3) is 0 Å². The first kappa shape index (κ1) is 23.1. The Bertz CT molecular complexity index is 904. The number of hydrogen-bond acceptors (Lipinski definition) is 5. The minimum absolute atomic E-state index is 0.104. The van der Waals surface area contributed by atoms with Gasteiger partial charge in [0.1, 0.15) is 5.70 Å². The van der Waals surface area contributed by atoms with E-state index in [2.05, 4.69) is 38.2 Å². The number of rotatable bonds is 5. The van der Waals surface area contributed by atoms with E-state index in [0.717, 1.165) is 43.4 Å². The SMILES string of the molecule is CCOC(=O)C(NC=O)=C1C(C)C[C@H]2[C@@H]3CC=C4C=C(OC)CC[C@]4(C)[C@@]3(O)CC[C@]12C. The van der Waals surface area contributed by atoms with E-state index in [-0.39, 0.29) is 35.2 Å². The quantitative estimate of drug-likeness (QED) is 0.381. The maximum absolute atomic E-state index is 12.7. The van der Waals surface area contributed by atoms with Gasteiger partial charge in [-0.25, -0.2) is 4.79 Å². The molecule has 2 saturated carbocycles. The van der Waals surface area contributed by atoms with Crippen molar-refractivity contribution >= 4 is 12.4 Å². The Hall–Kier alpha value is -2.08. The van der Waals surface area contributed by atoms with Crippen molar-refractivity contribution in [2.75, 3.05) is 13.7 Å². The fraction of sp³-hybridized carbons (Fsp3) is 0.692. The van der Waals surface area contributed by atoms with Crippen LogP contribution in [0.15, 0.2) is 34.8 Å². The van der Waals surface area contributed by atoms with E-state index < -0.39 is 11.6 Å². The number of allylic oxidation sites excluding steroid dienone is 4. The summed E-state index contributed by atoms with van der Waals surface area (Å²) in [5.74, 6) is 0.976. The number of carbonyl (C=O) groups is 2. The number of aliphatic hydroxyl groups is 1. The molecule has 6 heteroatoms. The first-order valence-corrected chi connectivity index (χ1v) is 12.0. The molecular weight excluding hydrogens is 406 g/mol. The summed E-state index contributed by atoms with van der Waals surface area (Å²) >= 11 is 0. The first-order valence-electron chi connectivity index (χ1n) is 12.0. The lowest BCUT2D eigenvalue weighted by atomic mass is 9.46. The van der Waals surface area contributed by atoms with E-state index in [1.165, 1.54) is 5.57 Å². The molecule has 2 N–H and O–H groups in total. The zero-order valence-electron chi connectivity index (χ0n) is 20.0. The minimum Gasteiger partial charge on any atom is -0.501 e. The predicted octanol–water partition coefficient (Wildman–Crippen LogP) is 4.01. The largest absolute Gasteiger partial charge is 0.501 e. The van der Waals surface area contributed by atoms with Crippen LogP contribution in [0.4, 0.5) is 0 Å². The van der Waals surface area contributed by atoms with E-state index in [4.69, 9.17) is 9.47 Å². The maximum atomic E-state index is 12.7. The molecule has 176 valence electrons. The Morgan fingerprint density at radius 1 is 1.28 bits per heavy atom. The fourth-order valence-electron chi connectivity index (χ4n) is 7.59. The highest BCUT2D eigenvalue weighted by atomic mass is 16.5. The highest BCUT2D eigenvalue weighted by Gasteiger charge is 2.65. The van der Waals surface area contributed by atoms with Crippen LogP contribution in [0, 0.1) is 28.6 Å². The van der Waals surface area contributed by atoms with Gasteiger partial charge in [0, 0.05) is 11.8 Å². The molecule has 4 aliphatic carbocycles. The Morgan fingerprint density at radius 2 is 2.03 bits per heavy atom. The predicted molar refractivity (Wildman–Crippen MR) is 121 cm³/mol. The molecule has 0 saturated heterocycles. The zero-order valence-corrected chi connectivity index (χ0v) is 20.0. The van der Waals surface area contributed by atoms with Crippen LogP contribution in [0.2, 0.25) is 0 Å². The van der Waals surface area contributed by atoms with Crippen LogP contribution in [0.1, 0.15) is 66.2 Å². The second-order valence-corrected chi connectivity index (χ2v) is 10.5. The van der Waals surface area contributed by atoms with Gasteiger partial charge >= 0.3 is 5.97 Å². The highest BCUT2D eigenvalue weighted by molar-refractivity contribution is 5.91. The molecule has 4 rings (SSSR count). The van der Waals surface area contributed by atoms with Crippen LogP contribution in [0.25, 0.3) is 0 Å². The molecular formula is C26H37NO5. The monoisotopic (exact) mass is 443 g/mol. The summed E-state index contributed by atoms with van der Waals surface area (Å²) in [5, 5.41) is 15.0. The minimum atomic E-state index is -0.797.